The average Bonchev–Trinajstić information content (AvgIpc) is 3.43. The molecule has 0 unspecified atom stereocenters. The van der Waals surface area contributed by atoms with Crippen molar-refractivity contribution >= 4 is 34.6 Å². The predicted octanol–water partition coefficient (Wildman–Crippen LogP) is 4.23. The topological polar surface area (TPSA) is 70.7 Å². The number of rotatable bonds is 4. The van der Waals surface area contributed by atoms with Gasteiger partial charge in [0.25, 0.3) is 5.91 Å². The Morgan fingerprint density at radius 1 is 1.04 bits per heavy atom. The molecule has 0 spiro atoms. The first-order chi connectivity index (χ1) is 13.2. The number of carbonyl (C=O) groups excluding carboxylic acids is 2. The Hall–Kier alpha value is -2.38. The molecule has 2 aliphatic heterocycles. The highest BCUT2D eigenvalue weighted by Gasteiger charge is 2.30. The fourth-order valence-corrected chi connectivity index (χ4v) is 4.37. The molecule has 2 fully saturated rings. The molecule has 0 bridgehead atoms. The molecular weight excluding hydrogens is 362 g/mol. The van der Waals surface area contributed by atoms with Crippen LogP contribution < -0.4 is 10.6 Å². The predicted molar refractivity (Wildman–Crippen MR) is 106 cm³/mol. The van der Waals surface area contributed by atoms with Crippen LogP contribution >= 0.6 is 11.3 Å². The van der Waals surface area contributed by atoms with Crippen molar-refractivity contribution in [3.05, 3.63) is 46.7 Å². The molecule has 3 amide bonds. The summed E-state index contributed by atoms with van der Waals surface area (Å²) in [6.45, 7) is 1.41. The van der Waals surface area contributed by atoms with E-state index < -0.39 is 0 Å². The van der Waals surface area contributed by atoms with Crippen molar-refractivity contribution < 1.29 is 14.3 Å². The van der Waals surface area contributed by atoms with Gasteiger partial charge in [-0.15, -0.1) is 0 Å². The van der Waals surface area contributed by atoms with Crippen LogP contribution in [0, 0.1) is 0 Å². The lowest BCUT2D eigenvalue weighted by Crippen LogP contribution is -2.34. The van der Waals surface area contributed by atoms with Crippen LogP contribution in [0.5, 0.6) is 0 Å². The van der Waals surface area contributed by atoms with E-state index >= 15 is 0 Å². The highest BCUT2D eigenvalue weighted by atomic mass is 32.1. The fraction of sp³-hybridized carbons (Fsp3) is 0.400. The first kappa shape index (κ1) is 18.0. The van der Waals surface area contributed by atoms with E-state index in [1.165, 1.54) is 5.56 Å². The zero-order valence-corrected chi connectivity index (χ0v) is 15.8. The molecule has 1 aromatic carbocycles. The van der Waals surface area contributed by atoms with Gasteiger partial charge in [-0.1, -0.05) is 0 Å². The molecule has 2 aliphatic rings. The van der Waals surface area contributed by atoms with Crippen LogP contribution in [0.1, 0.15) is 37.3 Å². The second-order valence-corrected chi connectivity index (χ2v) is 7.69. The largest absolute Gasteiger partial charge is 0.368 e. The molecule has 3 heterocycles. The highest BCUT2D eigenvalue weighted by molar-refractivity contribution is 7.08. The summed E-state index contributed by atoms with van der Waals surface area (Å²) in [5.41, 5.74) is 2.62. The number of hydrogen-bond donors (Lipinski definition) is 2. The van der Waals surface area contributed by atoms with Crippen LogP contribution in [0.25, 0.3) is 0 Å². The van der Waals surface area contributed by atoms with Crippen molar-refractivity contribution in [2.45, 2.75) is 37.8 Å². The van der Waals surface area contributed by atoms with E-state index in [0.717, 1.165) is 32.2 Å². The molecule has 1 aromatic heterocycles. The van der Waals surface area contributed by atoms with Gasteiger partial charge in [-0.25, -0.2) is 4.79 Å². The van der Waals surface area contributed by atoms with Crippen molar-refractivity contribution in [3.8, 4) is 0 Å². The third-order valence-corrected chi connectivity index (χ3v) is 5.77. The average molecular weight is 385 g/mol. The molecular formula is C20H23N3O3S. The molecule has 2 saturated heterocycles. The van der Waals surface area contributed by atoms with Gasteiger partial charge in [0.05, 0.1) is 6.04 Å². The molecule has 0 saturated carbocycles. The standard InChI is InChI=1S/C20H23N3O3S/c24-19(18-4-2-11-26-18)21-15-5-7-16(8-6-15)22-20(25)23-10-1-3-17(23)14-9-12-27-13-14/h5-9,12-13,17-18H,1-4,10-11H2,(H,21,24)(H,22,25)/t17-,18+/m1/s1. The summed E-state index contributed by atoms with van der Waals surface area (Å²) in [5, 5.41) is 9.99. The Kier molecular flexibility index (Phi) is 5.40. The van der Waals surface area contributed by atoms with Crippen molar-refractivity contribution in [1.29, 1.82) is 0 Å². The van der Waals surface area contributed by atoms with E-state index in [0.29, 0.717) is 18.0 Å². The minimum Gasteiger partial charge on any atom is -0.368 e. The number of carbonyl (C=O) groups is 2. The van der Waals surface area contributed by atoms with E-state index in [1.54, 1.807) is 35.6 Å². The van der Waals surface area contributed by atoms with Gasteiger partial charge in [-0.05, 0) is 72.3 Å². The number of benzene rings is 1. The van der Waals surface area contributed by atoms with Gasteiger partial charge in [0.15, 0.2) is 0 Å². The summed E-state index contributed by atoms with van der Waals surface area (Å²) in [6.07, 6.45) is 3.35. The molecule has 142 valence electrons. The van der Waals surface area contributed by atoms with Crippen LogP contribution in [0.4, 0.5) is 16.2 Å². The summed E-state index contributed by atoms with van der Waals surface area (Å²) in [7, 11) is 0. The maximum atomic E-state index is 12.7. The molecule has 2 N–H and O–H groups in total. The molecule has 6 nitrogen and oxygen atoms in total. The summed E-state index contributed by atoms with van der Waals surface area (Å²) in [4.78, 5) is 26.7. The van der Waals surface area contributed by atoms with E-state index in [1.807, 2.05) is 10.3 Å². The van der Waals surface area contributed by atoms with Crippen LogP contribution in [-0.2, 0) is 9.53 Å². The van der Waals surface area contributed by atoms with Crippen molar-refractivity contribution in [2.24, 2.45) is 0 Å². The third kappa shape index (κ3) is 4.14. The highest BCUT2D eigenvalue weighted by Crippen LogP contribution is 2.33. The number of ether oxygens (including phenoxy) is 1. The lowest BCUT2D eigenvalue weighted by atomic mass is 10.1. The smallest absolute Gasteiger partial charge is 0.322 e. The summed E-state index contributed by atoms with van der Waals surface area (Å²) < 4.78 is 5.39. The Labute approximate surface area is 162 Å². The number of likely N-dealkylation sites (tertiary alicyclic amines) is 1. The maximum absolute atomic E-state index is 12.7. The van der Waals surface area contributed by atoms with Crippen molar-refractivity contribution in [2.75, 3.05) is 23.8 Å². The van der Waals surface area contributed by atoms with Gasteiger partial charge in [0, 0.05) is 24.5 Å². The Morgan fingerprint density at radius 3 is 2.48 bits per heavy atom. The minimum atomic E-state index is -0.353. The van der Waals surface area contributed by atoms with Gasteiger partial charge in [-0.3, -0.25) is 4.79 Å². The SMILES string of the molecule is O=C(Nc1ccc(NC(=O)N2CCC[C@@H]2c2ccsc2)cc1)[C@@H]1CCCO1. The molecule has 2 aromatic rings. The molecule has 0 aliphatic carbocycles. The first-order valence-corrected chi connectivity index (χ1v) is 10.3. The van der Waals surface area contributed by atoms with Gasteiger partial charge in [0.1, 0.15) is 6.10 Å². The van der Waals surface area contributed by atoms with E-state index in [4.69, 9.17) is 4.74 Å². The zero-order chi connectivity index (χ0) is 18.6. The second-order valence-electron chi connectivity index (χ2n) is 6.91. The normalized spacial score (nSPS) is 22.0. The van der Waals surface area contributed by atoms with Crippen LogP contribution in [0.3, 0.4) is 0 Å². The lowest BCUT2D eigenvalue weighted by Gasteiger charge is -2.24. The lowest BCUT2D eigenvalue weighted by molar-refractivity contribution is -0.124. The second kappa shape index (κ2) is 8.10. The van der Waals surface area contributed by atoms with Gasteiger partial charge < -0.3 is 20.3 Å². The number of amides is 3. The molecule has 2 atom stereocenters. The molecule has 7 heteroatoms. The maximum Gasteiger partial charge on any atom is 0.322 e. The van der Waals surface area contributed by atoms with Gasteiger partial charge in [0.2, 0.25) is 0 Å². The van der Waals surface area contributed by atoms with E-state index in [-0.39, 0.29) is 24.1 Å². The summed E-state index contributed by atoms with van der Waals surface area (Å²) in [5.74, 6) is -0.111. The quantitative estimate of drug-likeness (QED) is 0.827. The van der Waals surface area contributed by atoms with Gasteiger partial charge in [-0.2, -0.15) is 11.3 Å². The Morgan fingerprint density at radius 2 is 1.81 bits per heavy atom. The van der Waals surface area contributed by atoms with Gasteiger partial charge >= 0.3 is 6.03 Å². The third-order valence-electron chi connectivity index (χ3n) is 5.07. The fourth-order valence-electron chi connectivity index (χ4n) is 3.66. The summed E-state index contributed by atoms with van der Waals surface area (Å²) in [6, 6.07) is 9.36. The number of nitrogens with one attached hydrogen (secondary N) is 2. The number of nitrogens with zero attached hydrogens (tertiary/aromatic N) is 1. The number of anilines is 2. The number of thiophene rings is 1. The van der Waals surface area contributed by atoms with Crippen LogP contribution in [0.2, 0.25) is 0 Å². The van der Waals surface area contributed by atoms with Crippen LogP contribution in [-0.4, -0.2) is 36.1 Å². The molecule has 27 heavy (non-hydrogen) atoms. The summed E-state index contributed by atoms with van der Waals surface area (Å²) >= 11 is 1.66. The molecule has 4 rings (SSSR count). The van der Waals surface area contributed by atoms with E-state index in [2.05, 4.69) is 22.1 Å². The Balaban J connectivity index is 1.35. The Bertz CT molecular complexity index is 785. The minimum absolute atomic E-state index is 0.0835. The monoisotopic (exact) mass is 385 g/mol. The number of urea groups is 1. The van der Waals surface area contributed by atoms with Crippen LogP contribution in [0.15, 0.2) is 41.1 Å². The zero-order valence-electron chi connectivity index (χ0n) is 15.0. The van der Waals surface area contributed by atoms with Crippen molar-refractivity contribution in [3.63, 3.8) is 0 Å². The number of hydrogen-bond acceptors (Lipinski definition) is 4. The molecule has 0 radical (unpaired) electrons. The first-order valence-electron chi connectivity index (χ1n) is 9.33. The van der Waals surface area contributed by atoms with Crippen molar-refractivity contribution in [1.82, 2.24) is 4.90 Å². The van der Waals surface area contributed by atoms with E-state index in [9.17, 15) is 9.59 Å².